The van der Waals surface area contributed by atoms with Crippen molar-refractivity contribution < 1.29 is 0 Å². The molecule has 0 heterocycles. The molecule has 0 amide bonds. The van der Waals surface area contributed by atoms with Crippen LogP contribution in [-0.2, 0) is 21.7 Å². The standard InChI is InChI=1S/C61H55N/c1-38-18-10-11-19-43(38)50-22-14-17-25-57(50)62(41-28-32-46-44-20-12-15-23-51(44)60(8,9)53(46)36-41)42-29-33-49-45-21-13-16-24-52(45)61(56(49)37-42)54-34-39(58(2,3)4)26-30-47(54)48-31-27-40(35-55(48)61)59(5,6)7/h10-37H,1-9H3. The van der Waals surface area contributed by atoms with E-state index in [0.29, 0.717) is 0 Å². The molecule has 1 spiro atoms. The Hall–Kier alpha value is -6.44. The minimum Gasteiger partial charge on any atom is -0.310 e. The topological polar surface area (TPSA) is 3.24 Å². The van der Waals surface area contributed by atoms with Crippen LogP contribution in [0.3, 0.4) is 0 Å². The van der Waals surface area contributed by atoms with E-state index < -0.39 is 5.41 Å². The summed E-state index contributed by atoms with van der Waals surface area (Å²) in [4.78, 5) is 2.55. The number of hydrogen-bond acceptors (Lipinski definition) is 1. The van der Waals surface area contributed by atoms with Gasteiger partial charge in [-0.25, -0.2) is 0 Å². The molecule has 3 aliphatic rings. The summed E-state index contributed by atoms with van der Waals surface area (Å²) < 4.78 is 0. The van der Waals surface area contributed by atoms with Gasteiger partial charge < -0.3 is 4.90 Å². The van der Waals surface area contributed by atoms with Crippen molar-refractivity contribution in [1.82, 2.24) is 0 Å². The van der Waals surface area contributed by atoms with E-state index in [1.165, 1.54) is 94.6 Å². The fraction of sp³-hybridized carbons (Fsp3) is 0.213. The Bertz CT molecular complexity index is 3080. The molecule has 0 aliphatic heterocycles. The monoisotopic (exact) mass is 801 g/mol. The van der Waals surface area contributed by atoms with E-state index in [1.54, 1.807) is 0 Å². The Morgan fingerprint density at radius 2 is 0.758 bits per heavy atom. The van der Waals surface area contributed by atoms with E-state index in [9.17, 15) is 0 Å². The van der Waals surface area contributed by atoms with Crippen LogP contribution in [0.25, 0.3) is 44.5 Å². The van der Waals surface area contributed by atoms with Gasteiger partial charge in [-0.15, -0.1) is 0 Å². The molecule has 0 unspecified atom stereocenters. The van der Waals surface area contributed by atoms with Gasteiger partial charge in [-0.1, -0.05) is 195 Å². The summed E-state index contributed by atoms with van der Waals surface area (Å²) >= 11 is 0. The maximum Gasteiger partial charge on any atom is 0.0726 e. The third-order valence-electron chi connectivity index (χ3n) is 14.6. The van der Waals surface area contributed by atoms with Gasteiger partial charge in [0.25, 0.3) is 0 Å². The first-order valence-electron chi connectivity index (χ1n) is 22.4. The van der Waals surface area contributed by atoms with Crippen LogP contribution in [0.15, 0.2) is 170 Å². The number of nitrogens with zero attached hydrogens (tertiary/aromatic N) is 1. The summed E-state index contributed by atoms with van der Waals surface area (Å²) in [6.07, 6.45) is 0. The molecule has 0 aromatic heterocycles. The molecule has 3 aliphatic carbocycles. The number of fused-ring (bicyclic) bond motifs is 13. The summed E-state index contributed by atoms with van der Waals surface area (Å²) in [6.45, 7) is 21.1. The molecule has 304 valence electrons. The molecule has 11 rings (SSSR count). The molecule has 1 nitrogen and oxygen atoms in total. The lowest BCUT2D eigenvalue weighted by Crippen LogP contribution is -2.27. The molecule has 0 atom stereocenters. The summed E-state index contributed by atoms with van der Waals surface area (Å²) in [5, 5.41) is 0. The van der Waals surface area contributed by atoms with Crippen LogP contribution in [0.2, 0.25) is 0 Å². The van der Waals surface area contributed by atoms with Crippen LogP contribution in [0, 0.1) is 6.92 Å². The average Bonchev–Trinajstić information content (AvgIpc) is 3.81. The van der Waals surface area contributed by atoms with E-state index in [1.807, 2.05) is 0 Å². The Kier molecular flexibility index (Phi) is 8.24. The van der Waals surface area contributed by atoms with Crippen molar-refractivity contribution in [3.8, 4) is 44.5 Å². The van der Waals surface area contributed by atoms with E-state index >= 15 is 0 Å². The van der Waals surface area contributed by atoms with Crippen LogP contribution >= 0.6 is 0 Å². The van der Waals surface area contributed by atoms with Crippen LogP contribution in [0.4, 0.5) is 17.1 Å². The Balaban J connectivity index is 1.22. The third kappa shape index (κ3) is 5.40. The summed E-state index contributed by atoms with van der Waals surface area (Å²) in [5.41, 5.74) is 25.5. The van der Waals surface area contributed by atoms with E-state index in [-0.39, 0.29) is 16.2 Å². The van der Waals surface area contributed by atoms with E-state index in [2.05, 4.69) is 237 Å². The number of anilines is 3. The normalized spacial score (nSPS) is 14.8. The van der Waals surface area contributed by atoms with Gasteiger partial charge in [-0.05, 0) is 137 Å². The SMILES string of the molecule is Cc1ccccc1-c1ccccc1N(c1ccc2c(c1)C(C)(C)c1ccccc1-2)c1ccc2c(c1)C1(c3ccccc3-2)c2cc(C(C)(C)C)ccc2-c2ccc(C(C)(C)C)cc21. The van der Waals surface area contributed by atoms with Gasteiger partial charge in [-0.3, -0.25) is 0 Å². The lowest BCUT2D eigenvalue weighted by atomic mass is 9.68. The number of rotatable bonds is 4. The third-order valence-corrected chi connectivity index (χ3v) is 14.6. The molecule has 1 heteroatoms. The second-order valence-corrected chi connectivity index (χ2v) is 20.6. The number of benzene rings is 8. The zero-order valence-corrected chi connectivity index (χ0v) is 37.6. The number of para-hydroxylation sites is 1. The van der Waals surface area contributed by atoms with Crippen molar-refractivity contribution in [2.24, 2.45) is 0 Å². The van der Waals surface area contributed by atoms with Crippen molar-refractivity contribution in [1.29, 1.82) is 0 Å². The fourth-order valence-electron chi connectivity index (χ4n) is 11.3. The molecule has 62 heavy (non-hydrogen) atoms. The highest BCUT2D eigenvalue weighted by Crippen LogP contribution is 2.64. The highest BCUT2D eigenvalue weighted by molar-refractivity contribution is 5.98. The summed E-state index contributed by atoms with van der Waals surface area (Å²) in [5.74, 6) is 0. The first-order chi connectivity index (χ1) is 29.7. The van der Waals surface area contributed by atoms with Crippen LogP contribution in [-0.4, -0.2) is 0 Å². The van der Waals surface area contributed by atoms with Gasteiger partial charge in [0, 0.05) is 22.4 Å². The van der Waals surface area contributed by atoms with Crippen LogP contribution in [0.5, 0.6) is 0 Å². The molecular formula is C61H55N. The minimum atomic E-state index is -0.502. The van der Waals surface area contributed by atoms with E-state index in [0.717, 1.165) is 17.1 Å². The van der Waals surface area contributed by atoms with Gasteiger partial charge in [-0.2, -0.15) is 0 Å². The van der Waals surface area contributed by atoms with Gasteiger partial charge in [0.15, 0.2) is 0 Å². The maximum absolute atomic E-state index is 2.56. The Morgan fingerprint density at radius 3 is 1.32 bits per heavy atom. The van der Waals surface area contributed by atoms with Crippen LogP contribution in [0.1, 0.15) is 105 Å². The van der Waals surface area contributed by atoms with E-state index in [4.69, 9.17) is 0 Å². The zero-order chi connectivity index (χ0) is 42.9. The largest absolute Gasteiger partial charge is 0.310 e. The quantitative estimate of drug-likeness (QED) is 0.171. The highest BCUT2D eigenvalue weighted by Gasteiger charge is 2.52. The average molecular weight is 802 g/mol. The molecule has 8 aromatic carbocycles. The van der Waals surface area contributed by atoms with Gasteiger partial charge in [0.05, 0.1) is 11.1 Å². The predicted octanol–water partition coefficient (Wildman–Crippen LogP) is 16.4. The molecule has 0 bridgehead atoms. The van der Waals surface area contributed by atoms with Crippen LogP contribution < -0.4 is 4.90 Å². The van der Waals surface area contributed by atoms with Gasteiger partial charge in [0.2, 0.25) is 0 Å². The first-order valence-corrected chi connectivity index (χ1v) is 22.4. The molecule has 0 N–H and O–H groups in total. The lowest BCUT2D eigenvalue weighted by Gasteiger charge is -2.34. The minimum absolute atomic E-state index is 0.0125. The molecule has 8 aromatic rings. The second kappa shape index (κ2) is 13.3. The maximum atomic E-state index is 2.56. The molecule has 0 saturated carbocycles. The summed E-state index contributed by atoms with van der Waals surface area (Å²) in [7, 11) is 0. The van der Waals surface area contributed by atoms with Gasteiger partial charge >= 0.3 is 0 Å². The Morgan fingerprint density at radius 1 is 0.355 bits per heavy atom. The predicted molar refractivity (Wildman–Crippen MR) is 263 cm³/mol. The number of aryl methyl sites for hydroxylation is 1. The van der Waals surface area contributed by atoms with Crippen molar-refractivity contribution in [3.05, 3.63) is 220 Å². The van der Waals surface area contributed by atoms with Crippen molar-refractivity contribution in [2.45, 2.75) is 84.0 Å². The van der Waals surface area contributed by atoms with Gasteiger partial charge in [0.1, 0.15) is 0 Å². The highest BCUT2D eigenvalue weighted by atomic mass is 15.1. The zero-order valence-electron chi connectivity index (χ0n) is 37.6. The second-order valence-electron chi connectivity index (χ2n) is 20.6. The number of hydrogen-bond donors (Lipinski definition) is 0. The fourth-order valence-corrected chi connectivity index (χ4v) is 11.3. The van der Waals surface area contributed by atoms with Crippen molar-refractivity contribution >= 4 is 17.1 Å². The molecule has 0 radical (unpaired) electrons. The lowest BCUT2D eigenvalue weighted by molar-refractivity contribution is 0.586. The van der Waals surface area contributed by atoms with Crippen molar-refractivity contribution in [3.63, 3.8) is 0 Å². The smallest absolute Gasteiger partial charge is 0.0726 e. The molecular weight excluding hydrogens is 747 g/mol. The Labute approximate surface area is 368 Å². The van der Waals surface area contributed by atoms with Crippen molar-refractivity contribution in [2.75, 3.05) is 4.90 Å². The molecule has 0 saturated heterocycles. The first kappa shape index (κ1) is 38.5. The summed E-state index contributed by atoms with van der Waals surface area (Å²) in [6, 6.07) is 65.3. The molecule has 0 fully saturated rings.